The number of hydrogen-bond donors (Lipinski definition) is 2. The lowest BCUT2D eigenvalue weighted by Crippen LogP contribution is -2.38. The normalized spacial score (nSPS) is 16.8. The number of guanidine groups is 1. The molecule has 148 valence electrons. The van der Waals surface area contributed by atoms with E-state index < -0.39 is 0 Å². The minimum absolute atomic E-state index is 0. The minimum Gasteiger partial charge on any atom is -0.494 e. The Labute approximate surface area is 171 Å². The maximum atomic E-state index is 12.8. The molecule has 1 aliphatic heterocycles. The van der Waals surface area contributed by atoms with Crippen molar-refractivity contribution in [3.05, 3.63) is 30.1 Å². The fourth-order valence-electron chi connectivity index (χ4n) is 2.39. The summed E-state index contributed by atoms with van der Waals surface area (Å²) in [6, 6.07) is 6.04. The van der Waals surface area contributed by atoms with E-state index >= 15 is 0 Å². The average Bonchev–Trinajstić information content (AvgIpc) is 3.14. The Balaban J connectivity index is 0.00000338. The maximum absolute atomic E-state index is 12.8. The Kier molecular flexibility index (Phi) is 12.3. The summed E-state index contributed by atoms with van der Waals surface area (Å²) in [5.74, 6) is 1.19. The molecule has 2 rings (SSSR count). The number of rotatable bonds is 10. The van der Waals surface area contributed by atoms with Gasteiger partial charge in [-0.2, -0.15) is 0 Å². The van der Waals surface area contributed by atoms with Gasteiger partial charge >= 0.3 is 0 Å². The van der Waals surface area contributed by atoms with Crippen LogP contribution in [0.2, 0.25) is 0 Å². The zero-order chi connectivity index (χ0) is 17.7. The summed E-state index contributed by atoms with van der Waals surface area (Å²) in [6.45, 7) is 4.37. The van der Waals surface area contributed by atoms with Gasteiger partial charge in [-0.25, -0.2) is 4.39 Å². The molecule has 0 spiro atoms. The first-order valence-corrected chi connectivity index (χ1v) is 8.80. The summed E-state index contributed by atoms with van der Waals surface area (Å²) < 4.78 is 29.3. The highest BCUT2D eigenvalue weighted by Crippen LogP contribution is 2.11. The molecule has 0 aliphatic carbocycles. The van der Waals surface area contributed by atoms with E-state index in [1.807, 2.05) is 0 Å². The van der Waals surface area contributed by atoms with Gasteiger partial charge < -0.3 is 24.8 Å². The van der Waals surface area contributed by atoms with Crippen LogP contribution in [-0.2, 0) is 9.47 Å². The highest BCUT2D eigenvalue weighted by atomic mass is 127. The number of benzene rings is 1. The van der Waals surface area contributed by atoms with Crippen LogP contribution in [0.25, 0.3) is 0 Å². The molecule has 1 aromatic rings. The molecule has 26 heavy (non-hydrogen) atoms. The third-order valence-corrected chi connectivity index (χ3v) is 3.77. The topological polar surface area (TPSA) is 64.1 Å². The van der Waals surface area contributed by atoms with E-state index in [2.05, 4.69) is 15.6 Å². The molecule has 1 atom stereocenters. The number of hydrogen-bond acceptors (Lipinski definition) is 4. The largest absolute Gasteiger partial charge is 0.494 e. The first-order chi connectivity index (χ1) is 12.3. The van der Waals surface area contributed by atoms with Gasteiger partial charge in [0.15, 0.2) is 5.96 Å². The lowest BCUT2D eigenvalue weighted by Gasteiger charge is -2.13. The van der Waals surface area contributed by atoms with Crippen LogP contribution < -0.4 is 15.4 Å². The van der Waals surface area contributed by atoms with Crippen LogP contribution in [0, 0.1) is 5.82 Å². The lowest BCUT2D eigenvalue weighted by atomic mass is 10.3. The smallest absolute Gasteiger partial charge is 0.190 e. The van der Waals surface area contributed by atoms with Gasteiger partial charge in [0.1, 0.15) is 11.6 Å². The monoisotopic (exact) mass is 481 g/mol. The number of nitrogens with zero attached hydrogens (tertiary/aromatic N) is 1. The van der Waals surface area contributed by atoms with Crippen LogP contribution in [0.15, 0.2) is 29.3 Å². The molecule has 6 nitrogen and oxygen atoms in total. The Hall–Kier alpha value is -1.13. The molecule has 2 N–H and O–H groups in total. The molecule has 8 heteroatoms. The van der Waals surface area contributed by atoms with Crippen molar-refractivity contribution in [1.82, 2.24) is 10.6 Å². The summed E-state index contributed by atoms with van der Waals surface area (Å²) in [5, 5.41) is 6.49. The van der Waals surface area contributed by atoms with Gasteiger partial charge in [-0.1, -0.05) is 0 Å². The van der Waals surface area contributed by atoms with E-state index in [0.29, 0.717) is 12.4 Å². The van der Waals surface area contributed by atoms with Crippen molar-refractivity contribution in [2.45, 2.75) is 25.4 Å². The second kappa shape index (κ2) is 14.0. The first kappa shape index (κ1) is 22.9. The van der Waals surface area contributed by atoms with E-state index in [0.717, 1.165) is 58.1 Å². The predicted molar refractivity (Wildman–Crippen MR) is 111 cm³/mol. The number of nitrogens with one attached hydrogen (secondary N) is 2. The highest BCUT2D eigenvalue weighted by Gasteiger charge is 2.15. The lowest BCUT2D eigenvalue weighted by molar-refractivity contribution is 0.0420. The van der Waals surface area contributed by atoms with Crippen LogP contribution in [0.5, 0.6) is 5.75 Å². The first-order valence-electron chi connectivity index (χ1n) is 8.80. The van der Waals surface area contributed by atoms with Gasteiger partial charge in [-0.05, 0) is 43.5 Å². The van der Waals surface area contributed by atoms with Gasteiger partial charge in [0, 0.05) is 33.4 Å². The summed E-state index contributed by atoms with van der Waals surface area (Å²) in [6.07, 6.45) is 3.00. The molecule has 0 aromatic heterocycles. The van der Waals surface area contributed by atoms with Crippen molar-refractivity contribution in [3.8, 4) is 5.75 Å². The van der Waals surface area contributed by atoms with E-state index in [-0.39, 0.29) is 35.9 Å². The molecule has 1 heterocycles. The summed E-state index contributed by atoms with van der Waals surface area (Å²) in [4.78, 5) is 4.18. The molecule has 1 unspecified atom stereocenters. The van der Waals surface area contributed by atoms with E-state index in [1.165, 1.54) is 12.1 Å². The number of aliphatic imine (C=N–C) groups is 1. The molecule has 1 fully saturated rings. The summed E-state index contributed by atoms with van der Waals surface area (Å²) in [5.41, 5.74) is 0. The number of halogens is 2. The van der Waals surface area contributed by atoms with Gasteiger partial charge in [-0.3, -0.25) is 4.99 Å². The van der Waals surface area contributed by atoms with Gasteiger partial charge in [0.05, 0.1) is 19.3 Å². The zero-order valence-electron chi connectivity index (χ0n) is 15.2. The standard InChI is InChI=1S/C18H28FN3O3.HI/c1-20-18(22-10-3-12-25-17-8-13-23-14-17)21-9-2-11-24-16-6-4-15(19)5-7-16;/h4-7,17H,2-3,8-14H2,1H3,(H2,20,21,22);1H. The molecule has 1 aromatic carbocycles. The van der Waals surface area contributed by atoms with E-state index in [1.54, 1.807) is 19.2 Å². The highest BCUT2D eigenvalue weighted by molar-refractivity contribution is 14.0. The van der Waals surface area contributed by atoms with Crippen molar-refractivity contribution in [2.24, 2.45) is 4.99 Å². The van der Waals surface area contributed by atoms with Crippen molar-refractivity contribution in [3.63, 3.8) is 0 Å². The second-order valence-corrected chi connectivity index (χ2v) is 5.79. The third-order valence-electron chi connectivity index (χ3n) is 3.77. The average molecular weight is 481 g/mol. The minimum atomic E-state index is -0.258. The summed E-state index contributed by atoms with van der Waals surface area (Å²) >= 11 is 0. The van der Waals surface area contributed by atoms with Crippen molar-refractivity contribution in [1.29, 1.82) is 0 Å². The molecule has 0 saturated carbocycles. The molecule has 0 amide bonds. The fraction of sp³-hybridized carbons (Fsp3) is 0.611. The molecule has 0 radical (unpaired) electrons. The van der Waals surface area contributed by atoms with Crippen LogP contribution >= 0.6 is 24.0 Å². The van der Waals surface area contributed by atoms with Crippen molar-refractivity contribution < 1.29 is 18.6 Å². The zero-order valence-corrected chi connectivity index (χ0v) is 17.5. The van der Waals surface area contributed by atoms with E-state index in [9.17, 15) is 4.39 Å². The van der Waals surface area contributed by atoms with Crippen LogP contribution in [0.3, 0.4) is 0 Å². The van der Waals surface area contributed by atoms with Gasteiger partial charge in [0.2, 0.25) is 0 Å². The molecular weight excluding hydrogens is 452 g/mol. The molecular formula is C18H29FIN3O3. The summed E-state index contributed by atoms with van der Waals surface area (Å²) in [7, 11) is 1.75. The Bertz CT molecular complexity index is 511. The van der Waals surface area contributed by atoms with Crippen molar-refractivity contribution in [2.75, 3.05) is 46.6 Å². The molecule has 0 bridgehead atoms. The Morgan fingerprint density at radius 2 is 1.88 bits per heavy atom. The maximum Gasteiger partial charge on any atom is 0.190 e. The Morgan fingerprint density at radius 1 is 1.19 bits per heavy atom. The van der Waals surface area contributed by atoms with Crippen LogP contribution in [-0.4, -0.2) is 58.6 Å². The van der Waals surface area contributed by atoms with Crippen LogP contribution in [0.1, 0.15) is 19.3 Å². The SMILES string of the molecule is CN=C(NCCCOc1ccc(F)cc1)NCCCOC1CCOC1.I. The second-order valence-electron chi connectivity index (χ2n) is 5.79. The molecule has 1 aliphatic rings. The molecule has 1 saturated heterocycles. The van der Waals surface area contributed by atoms with Gasteiger partial charge in [0.25, 0.3) is 0 Å². The quantitative estimate of drug-likeness (QED) is 0.233. The van der Waals surface area contributed by atoms with Crippen LogP contribution in [0.4, 0.5) is 4.39 Å². The Morgan fingerprint density at radius 3 is 2.50 bits per heavy atom. The third kappa shape index (κ3) is 9.54. The predicted octanol–water partition coefficient (Wildman–Crippen LogP) is 2.57. The van der Waals surface area contributed by atoms with Gasteiger partial charge in [-0.15, -0.1) is 24.0 Å². The van der Waals surface area contributed by atoms with Crippen molar-refractivity contribution >= 4 is 29.9 Å². The fourth-order valence-corrected chi connectivity index (χ4v) is 2.39. The number of ether oxygens (including phenoxy) is 3. The van der Waals surface area contributed by atoms with E-state index in [4.69, 9.17) is 14.2 Å².